The second-order valence-electron chi connectivity index (χ2n) is 4.69. The first-order chi connectivity index (χ1) is 8.34. The fourth-order valence-electron chi connectivity index (χ4n) is 2.26. The van der Waals surface area contributed by atoms with Crippen molar-refractivity contribution in [2.45, 2.75) is 18.3 Å². The summed E-state index contributed by atoms with van der Waals surface area (Å²) < 4.78 is 0. The maximum atomic E-state index is 4.53. The third kappa shape index (κ3) is 1.85. The van der Waals surface area contributed by atoms with Crippen LogP contribution in [0.3, 0.4) is 0 Å². The zero-order chi connectivity index (χ0) is 11.7. The molecule has 0 spiro atoms. The van der Waals surface area contributed by atoms with Gasteiger partial charge in [-0.05, 0) is 32.0 Å². The molecule has 0 aromatic carbocycles. The van der Waals surface area contributed by atoms with Crippen molar-refractivity contribution in [2.75, 3.05) is 13.6 Å². The summed E-state index contributed by atoms with van der Waals surface area (Å²) in [5.74, 6) is 1.11. The number of H-pyrrole nitrogens is 1. The van der Waals surface area contributed by atoms with Crippen molar-refractivity contribution in [1.82, 2.24) is 20.3 Å². The lowest BCUT2D eigenvalue weighted by Crippen LogP contribution is -2.24. The van der Waals surface area contributed by atoms with Crippen molar-refractivity contribution in [3.63, 3.8) is 0 Å². The molecule has 1 saturated carbocycles. The summed E-state index contributed by atoms with van der Waals surface area (Å²) in [6.45, 7) is 0.996. The van der Waals surface area contributed by atoms with Gasteiger partial charge in [0, 0.05) is 29.9 Å². The number of hydrogen-bond acceptors (Lipinski definition) is 3. The van der Waals surface area contributed by atoms with E-state index in [4.69, 9.17) is 0 Å². The Morgan fingerprint density at radius 2 is 2.12 bits per heavy atom. The fourth-order valence-corrected chi connectivity index (χ4v) is 2.26. The molecule has 4 heteroatoms. The van der Waals surface area contributed by atoms with E-state index in [1.165, 1.54) is 12.8 Å². The second-order valence-corrected chi connectivity index (χ2v) is 4.69. The molecule has 88 valence electrons. The van der Waals surface area contributed by atoms with Crippen molar-refractivity contribution >= 4 is 0 Å². The highest BCUT2D eigenvalue weighted by atomic mass is 15.0. The molecule has 0 bridgehead atoms. The summed E-state index contributed by atoms with van der Waals surface area (Å²) >= 11 is 0. The predicted molar refractivity (Wildman–Crippen MR) is 66.7 cm³/mol. The molecule has 2 aromatic rings. The molecule has 1 aliphatic rings. The molecule has 0 aliphatic heterocycles. The lowest BCUT2D eigenvalue weighted by atomic mass is 10.1. The van der Waals surface area contributed by atoms with Crippen LogP contribution >= 0.6 is 0 Å². The Bertz CT molecular complexity index is 499. The molecule has 2 heterocycles. The predicted octanol–water partition coefficient (Wildman–Crippen LogP) is 1.72. The zero-order valence-electron chi connectivity index (χ0n) is 9.90. The van der Waals surface area contributed by atoms with Crippen molar-refractivity contribution in [3.8, 4) is 11.3 Å². The normalized spacial score (nSPS) is 17.0. The van der Waals surface area contributed by atoms with Gasteiger partial charge in [-0.2, -0.15) is 0 Å². The van der Waals surface area contributed by atoms with E-state index in [2.05, 4.69) is 20.3 Å². The highest BCUT2D eigenvalue weighted by Gasteiger charge is 2.46. The highest BCUT2D eigenvalue weighted by Crippen LogP contribution is 2.46. The summed E-state index contributed by atoms with van der Waals surface area (Å²) in [5, 5.41) is 3.25. The van der Waals surface area contributed by atoms with E-state index in [0.717, 1.165) is 23.6 Å². The minimum atomic E-state index is 0.250. The van der Waals surface area contributed by atoms with Gasteiger partial charge in [-0.15, -0.1) is 0 Å². The minimum Gasteiger partial charge on any atom is -0.341 e. The van der Waals surface area contributed by atoms with Crippen LogP contribution in [0.15, 0.2) is 30.7 Å². The van der Waals surface area contributed by atoms with Gasteiger partial charge in [-0.1, -0.05) is 0 Å². The van der Waals surface area contributed by atoms with Crippen molar-refractivity contribution < 1.29 is 0 Å². The van der Waals surface area contributed by atoms with Crippen LogP contribution < -0.4 is 5.32 Å². The Labute approximate surface area is 101 Å². The Balaban J connectivity index is 1.89. The molecule has 2 N–H and O–H groups in total. The summed E-state index contributed by atoms with van der Waals surface area (Å²) in [5.41, 5.74) is 2.46. The van der Waals surface area contributed by atoms with E-state index in [-0.39, 0.29) is 5.41 Å². The topological polar surface area (TPSA) is 53.6 Å². The molecule has 3 rings (SSSR count). The number of aromatic nitrogens is 3. The molecule has 17 heavy (non-hydrogen) atoms. The first kappa shape index (κ1) is 10.5. The Kier molecular flexibility index (Phi) is 2.44. The van der Waals surface area contributed by atoms with E-state index < -0.39 is 0 Å². The average molecular weight is 228 g/mol. The molecule has 0 amide bonds. The maximum absolute atomic E-state index is 4.53. The zero-order valence-corrected chi connectivity index (χ0v) is 9.90. The van der Waals surface area contributed by atoms with Crippen molar-refractivity contribution in [2.24, 2.45) is 0 Å². The molecule has 1 fully saturated rings. The van der Waals surface area contributed by atoms with E-state index in [1.807, 2.05) is 25.4 Å². The van der Waals surface area contributed by atoms with Crippen LogP contribution in [-0.4, -0.2) is 28.5 Å². The molecule has 0 unspecified atom stereocenters. The number of imidazole rings is 1. The van der Waals surface area contributed by atoms with Crippen molar-refractivity contribution in [1.29, 1.82) is 0 Å². The Morgan fingerprint density at radius 1 is 1.35 bits per heavy atom. The lowest BCUT2D eigenvalue weighted by molar-refractivity contribution is 0.594. The van der Waals surface area contributed by atoms with Gasteiger partial charge >= 0.3 is 0 Å². The third-order valence-corrected chi connectivity index (χ3v) is 3.44. The van der Waals surface area contributed by atoms with E-state index in [1.54, 1.807) is 12.4 Å². The van der Waals surface area contributed by atoms with Crippen LogP contribution in [0.5, 0.6) is 0 Å². The molecule has 2 aromatic heterocycles. The van der Waals surface area contributed by atoms with Gasteiger partial charge in [0.15, 0.2) is 0 Å². The van der Waals surface area contributed by atoms with Crippen molar-refractivity contribution in [3.05, 3.63) is 36.5 Å². The molecule has 1 aliphatic carbocycles. The second kappa shape index (κ2) is 3.96. The number of pyridine rings is 1. The molecular formula is C13H16N4. The Hall–Kier alpha value is -1.68. The molecular weight excluding hydrogens is 212 g/mol. The number of nitrogens with one attached hydrogen (secondary N) is 2. The summed E-state index contributed by atoms with van der Waals surface area (Å²) in [6.07, 6.45) is 7.96. The first-order valence-electron chi connectivity index (χ1n) is 5.95. The van der Waals surface area contributed by atoms with Crippen LogP contribution in [0.25, 0.3) is 11.3 Å². The molecule has 0 atom stereocenters. The van der Waals surface area contributed by atoms with E-state index in [9.17, 15) is 0 Å². The third-order valence-electron chi connectivity index (χ3n) is 3.44. The smallest absolute Gasteiger partial charge is 0.114 e. The molecule has 0 radical (unpaired) electrons. The fraction of sp³-hybridized carbons (Fsp3) is 0.385. The lowest BCUT2D eigenvalue weighted by Gasteiger charge is -2.10. The minimum absolute atomic E-state index is 0.250. The first-order valence-corrected chi connectivity index (χ1v) is 5.95. The summed E-state index contributed by atoms with van der Waals surface area (Å²) in [7, 11) is 1.99. The number of aromatic amines is 1. The van der Waals surface area contributed by atoms with Crippen LogP contribution in [0.4, 0.5) is 0 Å². The van der Waals surface area contributed by atoms with Gasteiger partial charge in [0.25, 0.3) is 0 Å². The SMILES string of the molecule is CNCC1(c2ncc(-c3ccncc3)[nH]2)CC1. The number of hydrogen-bond donors (Lipinski definition) is 2. The van der Waals surface area contributed by atoms with Crippen LogP contribution in [0, 0.1) is 0 Å². The van der Waals surface area contributed by atoms with E-state index >= 15 is 0 Å². The van der Waals surface area contributed by atoms with Crippen LogP contribution in [-0.2, 0) is 5.41 Å². The maximum Gasteiger partial charge on any atom is 0.114 e. The van der Waals surface area contributed by atoms with E-state index in [0.29, 0.717) is 0 Å². The monoisotopic (exact) mass is 228 g/mol. The highest BCUT2D eigenvalue weighted by molar-refractivity contribution is 5.57. The van der Waals surface area contributed by atoms with Gasteiger partial charge in [-0.3, -0.25) is 4.98 Å². The van der Waals surface area contributed by atoms with Crippen LogP contribution in [0.2, 0.25) is 0 Å². The van der Waals surface area contributed by atoms with Gasteiger partial charge in [0.2, 0.25) is 0 Å². The molecule has 4 nitrogen and oxygen atoms in total. The number of nitrogens with zero attached hydrogens (tertiary/aromatic N) is 2. The largest absolute Gasteiger partial charge is 0.341 e. The van der Waals surface area contributed by atoms with Gasteiger partial charge < -0.3 is 10.3 Å². The van der Waals surface area contributed by atoms with Gasteiger partial charge in [0.1, 0.15) is 5.82 Å². The quantitative estimate of drug-likeness (QED) is 0.837. The number of likely N-dealkylation sites (N-methyl/N-ethyl adjacent to an activating group) is 1. The average Bonchev–Trinajstić information content (AvgIpc) is 2.98. The van der Waals surface area contributed by atoms with Crippen LogP contribution in [0.1, 0.15) is 18.7 Å². The van der Waals surface area contributed by atoms with Gasteiger partial charge in [-0.25, -0.2) is 4.98 Å². The Morgan fingerprint density at radius 3 is 2.76 bits per heavy atom. The standard InChI is InChI=1S/C13H16N4/c1-14-9-13(4-5-13)12-16-8-11(17-12)10-2-6-15-7-3-10/h2-3,6-8,14H,4-5,9H2,1H3,(H,16,17). The van der Waals surface area contributed by atoms with Gasteiger partial charge in [0.05, 0.1) is 11.9 Å². The summed E-state index contributed by atoms with van der Waals surface area (Å²) in [4.78, 5) is 12.0. The number of rotatable bonds is 4. The summed E-state index contributed by atoms with van der Waals surface area (Å²) in [6, 6.07) is 3.99. The molecule has 0 saturated heterocycles.